The molecule has 0 saturated heterocycles. The lowest BCUT2D eigenvalue weighted by Crippen LogP contribution is -2.38. The Balaban J connectivity index is 1.67. The van der Waals surface area contributed by atoms with Crippen LogP contribution in [0.5, 0.6) is 0 Å². The summed E-state index contributed by atoms with van der Waals surface area (Å²) in [6.07, 6.45) is 1.30. The van der Waals surface area contributed by atoms with Crippen molar-refractivity contribution in [1.82, 2.24) is 14.5 Å². The summed E-state index contributed by atoms with van der Waals surface area (Å²) in [5, 5.41) is 0.657. The molecule has 0 aliphatic rings. The first-order valence-electron chi connectivity index (χ1n) is 8.86. The van der Waals surface area contributed by atoms with E-state index in [4.69, 9.17) is 4.74 Å². The van der Waals surface area contributed by atoms with Gasteiger partial charge in [-0.2, -0.15) is 0 Å². The molecule has 0 fully saturated rings. The Morgan fingerprint density at radius 1 is 1.24 bits per heavy atom. The van der Waals surface area contributed by atoms with Crippen LogP contribution in [-0.4, -0.2) is 40.7 Å². The number of benzene rings is 2. The zero-order chi connectivity index (χ0) is 20.4. The Bertz CT molecular complexity index is 1220. The molecule has 0 saturated carbocycles. The minimum Gasteiger partial charge on any atom is -0.383 e. The molecule has 2 aromatic heterocycles. The molecule has 7 nitrogen and oxygen atoms in total. The number of carbonyl (C=O) groups excluding carboxylic acids is 1. The van der Waals surface area contributed by atoms with Crippen LogP contribution in [0, 0.1) is 5.82 Å². The molecule has 148 valence electrons. The SMILES string of the molecule is COCCN(C(=O)Cn1cnc2ccc(F)cc2c1=O)c1nc2ccccc2s1. The highest BCUT2D eigenvalue weighted by Crippen LogP contribution is 2.28. The van der Waals surface area contributed by atoms with Gasteiger partial charge in [0.15, 0.2) is 5.13 Å². The van der Waals surface area contributed by atoms with Gasteiger partial charge in [0.2, 0.25) is 5.91 Å². The predicted octanol–water partition coefficient (Wildman–Crippen LogP) is 2.82. The predicted molar refractivity (Wildman–Crippen MR) is 110 cm³/mol. The number of carbonyl (C=O) groups is 1. The number of halogens is 1. The number of aromatic nitrogens is 3. The molecule has 2 heterocycles. The molecule has 0 spiro atoms. The van der Waals surface area contributed by atoms with Crippen LogP contribution in [0.25, 0.3) is 21.1 Å². The lowest BCUT2D eigenvalue weighted by Gasteiger charge is -2.20. The summed E-state index contributed by atoms with van der Waals surface area (Å²) < 4.78 is 20.8. The molecule has 0 radical (unpaired) electrons. The van der Waals surface area contributed by atoms with Crippen LogP contribution in [-0.2, 0) is 16.1 Å². The van der Waals surface area contributed by atoms with Crippen LogP contribution in [0.1, 0.15) is 0 Å². The van der Waals surface area contributed by atoms with Crippen molar-refractivity contribution < 1.29 is 13.9 Å². The smallest absolute Gasteiger partial charge is 0.261 e. The van der Waals surface area contributed by atoms with E-state index in [9.17, 15) is 14.0 Å². The van der Waals surface area contributed by atoms with E-state index in [1.807, 2.05) is 24.3 Å². The first-order chi connectivity index (χ1) is 14.1. The van der Waals surface area contributed by atoms with Crippen LogP contribution in [0.15, 0.2) is 53.6 Å². The number of nitrogens with zero attached hydrogens (tertiary/aromatic N) is 4. The Morgan fingerprint density at radius 2 is 2.07 bits per heavy atom. The quantitative estimate of drug-likeness (QED) is 0.487. The van der Waals surface area contributed by atoms with Crippen molar-refractivity contribution in [2.45, 2.75) is 6.54 Å². The minimum absolute atomic E-state index is 0.128. The van der Waals surface area contributed by atoms with Gasteiger partial charge in [-0.05, 0) is 30.3 Å². The zero-order valence-electron chi connectivity index (χ0n) is 15.5. The van der Waals surface area contributed by atoms with Gasteiger partial charge in [-0.1, -0.05) is 23.5 Å². The van der Waals surface area contributed by atoms with Crippen LogP contribution in [0.2, 0.25) is 0 Å². The van der Waals surface area contributed by atoms with Gasteiger partial charge in [0.1, 0.15) is 12.4 Å². The van der Waals surface area contributed by atoms with Gasteiger partial charge < -0.3 is 4.74 Å². The zero-order valence-corrected chi connectivity index (χ0v) is 16.4. The maximum atomic E-state index is 13.5. The van der Waals surface area contributed by atoms with Gasteiger partial charge in [-0.15, -0.1) is 0 Å². The summed E-state index contributed by atoms with van der Waals surface area (Å²) >= 11 is 1.39. The van der Waals surface area contributed by atoms with Gasteiger partial charge >= 0.3 is 0 Å². The van der Waals surface area contributed by atoms with Crippen molar-refractivity contribution in [1.29, 1.82) is 0 Å². The fourth-order valence-electron chi connectivity index (χ4n) is 2.96. The number of thiazole rings is 1. The van der Waals surface area contributed by atoms with E-state index in [0.717, 1.165) is 16.3 Å². The standard InChI is InChI=1S/C20H17FN4O3S/c1-28-9-8-25(20-23-16-4-2-3-5-17(16)29-20)18(26)11-24-12-22-15-7-6-13(21)10-14(15)19(24)27/h2-7,10,12H,8-9,11H2,1H3. The lowest BCUT2D eigenvalue weighted by atomic mass is 10.2. The topological polar surface area (TPSA) is 77.3 Å². The molecule has 0 unspecified atom stereocenters. The van der Waals surface area contributed by atoms with Gasteiger partial charge in [-0.25, -0.2) is 14.4 Å². The maximum Gasteiger partial charge on any atom is 0.261 e. The Morgan fingerprint density at radius 3 is 2.86 bits per heavy atom. The molecule has 0 aliphatic heterocycles. The Kier molecular flexibility index (Phi) is 5.32. The van der Waals surface area contributed by atoms with E-state index in [1.54, 1.807) is 7.11 Å². The third-order valence-corrected chi connectivity index (χ3v) is 5.48. The number of ether oxygens (including phenoxy) is 1. The van der Waals surface area contributed by atoms with Gasteiger partial charge in [0.05, 0.1) is 40.6 Å². The van der Waals surface area contributed by atoms with Crippen molar-refractivity contribution in [3.63, 3.8) is 0 Å². The molecule has 4 aromatic rings. The van der Waals surface area contributed by atoms with Gasteiger partial charge in [0.25, 0.3) is 5.56 Å². The highest BCUT2D eigenvalue weighted by molar-refractivity contribution is 7.22. The van der Waals surface area contributed by atoms with E-state index < -0.39 is 11.4 Å². The number of methoxy groups -OCH3 is 1. The van der Waals surface area contributed by atoms with E-state index in [0.29, 0.717) is 23.8 Å². The van der Waals surface area contributed by atoms with Gasteiger partial charge in [0, 0.05) is 7.11 Å². The van der Waals surface area contributed by atoms with Gasteiger partial charge in [-0.3, -0.25) is 19.1 Å². The first kappa shape index (κ1) is 19.2. The normalized spacial score (nSPS) is 11.2. The van der Waals surface area contributed by atoms with E-state index in [2.05, 4.69) is 9.97 Å². The number of amides is 1. The minimum atomic E-state index is -0.531. The molecular formula is C20H17FN4O3S. The first-order valence-corrected chi connectivity index (χ1v) is 9.68. The van der Waals surface area contributed by atoms with Crippen LogP contribution in [0.3, 0.4) is 0 Å². The summed E-state index contributed by atoms with van der Waals surface area (Å²) in [7, 11) is 1.55. The third-order valence-electron chi connectivity index (χ3n) is 4.43. The summed E-state index contributed by atoms with van der Waals surface area (Å²) in [5.74, 6) is -0.863. The average Bonchev–Trinajstić information content (AvgIpc) is 3.14. The number of para-hydroxylation sites is 1. The van der Waals surface area contributed by atoms with Crippen LogP contribution >= 0.6 is 11.3 Å². The van der Waals surface area contributed by atoms with Crippen molar-refractivity contribution in [3.8, 4) is 0 Å². The Labute approximate surface area is 169 Å². The van der Waals surface area contributed by atoms with Crippen LogP contribution < -0.4 is 10.5 Å². The highest BCUT2D eigenvalue weighted by atomic mass is 32.1. The molecule has 4 rings (SSSR count). The molecule has 2 aromatic carbocycles. The Hall–Kier alpha value is -3.17. The molecule has 0 aliphatic carbocycles. The van der Waals surface area contributed by atoms with Crippen molar-refractivity contribution in [2.75, 3.05) is 25.2 Å². The highest BCUT2D eigenvalue weighted by Gasteiger charge is 2.21. The molecular weight excluding hydrogens is 395 g/mol. The third kappa shape index (κ3) is 3.87. The lowest BCUT2D eigenvalue weighted by molar-refractivity contribution is -0.119. The number of hydrogen-bond donors (Lipinski definition) is 0. The monoisotopic (exact) mass is 412 g/mol. The molecule has 0 bridgehead atoms. The number of fused-ring (bicyclic) bond motifs is 2. The van der Waals surface area contributed by atoms with Crippen molar-refractivity contribution >= 4 is 43.5 Å². The van der Waals surface area contributed by atoms with E-state index in [-0.39, 0.29) is 17.8 Å². The molecule has 1 amide bonds. The van der Waals surface area contributed by atoms with Crippen molar-refractivity contribution in [2.24, 2.45) is 0 Å². The molecule has 9 heteroatoms. The number of hydrogen-bond acceptors (Lipinski definition) is 6. The average molecular weight is 412 g/mol. The van der Waals surface area contributed by atoms with Crippen LogP contribution in [0.4, 0.5) is 9.52 Å². The number of rotatable bonds is 6. The fraction of sp³-hybridized carbons (Fsp3) is 0.200. The summed E-state index contributed by atoms with van der Waals surface area (Å²) in [5.41, 5.74) is 0.698. The van der Waals surface area contributed by atoms with Crippen molar-refractivity contribution in [3.05, 3.63) is 65.0 Å². The fourth-order valence-corrected chi connectivity index (χ4v) is 3.97. The second-order valence-corrected chi connectivity index (χ2v) is 7.35. The molecule has 29 heavy (non-hydrogen) atoms. The summed E-state index contributed by atoms with van der Waals surface area (Å²) in [6.45, 7) is 0.370. The van der Waals surface area contributed by atoms with E-state index >= 15 is 0 Å². The van der Waals surface area contributed by atoms with E-state index in [1.165, 1.54) is 39.3 Å². The second kappa shape index (κ2) is 8.06. The number of anilines is 1. The largest absolute Gasteiger partial charge is 0.383 e. The summed E-state index contributed by atoms with van der Waals surface area (Å²) in [6, 6.07) is 11.4. The maximum absolute atomic E-state index is 13.5. The second-order valence-electron chi connectivity index (χ2n) is 6.34. The summed E-state index contributed by atoms with van der Waals surface area (Å²) in [4.78, 5) is 35.9. The molecule has 0 atom stereocenters. The molecule has 0 N–H and O–H groups in total.